The molecule has 33 heavy (non-hydrogen) atoms. The largest absolute Gasteiger partial charge is 0.370 e. The zero-order valence-electron chi connectivity index (χ0n) is 21.0. The Morgan fingerprint density at radius 1 is 1.36 bits per heavy atom. The first-order valence-corrected chi connectivity index (χ1v) is 12.7. The Labute approximate surface area is 199 Å². The number of nitrogens with zero attached hydrogens (tertiary/aromatic N) is 2. The number of hydrogen-bond acceptors (Lipinski definition) is 3. The average molecular weight is 456 g/mol. The molecule has 6 heteroatoms. The van der Waals surface area contributed by atoms with E-state index in [9.17, 15) is 9.59 Å². The van der Waals surface area contributed by atoms with Crippen molar-refractivity contribution < 1.29 is 14.3 Å². The van der Waals surface area contributed by atoms with Crippen molar-refractivity contribution in [2.24, 2.45) is 35.5 Å². The maximum atomic E-state index is 12.8. The molecule has 3 saturated carbocycles. The molecule has 0 radical (unpaired) electrons. The van der Waals surface area contributed by atoms with Crippen molar-refractivity contribution in [1.82, 2.24) is 10.2 Å². The molecule has 2 amide bonds. The van der Waals surface area contributed by atoms with Gasteiger partial charge in [-0.15, -0.1) is 0 Å². The van der Waals surface area contributed by atoms with E-state index < -0.39 is 6.10 Å². The number of nitrogens with one attached hydrogen (secondary N) is 1. The summed E-state index contributed by atoms with van der Waals surface area (Å²) in [5.74, 6) is 2.59. The van der Waals surface area contributed by atoms with Crippen LogP contribution in [0.25, 0.3) is 4.85 Å². The molecule has 0 unspecified atom stereocenters. The van der Waals surface area contributed by atoms with Gasteiger partial charge in [-0.05, 0) is 69.6 Å². The first kappa shape index (κ1) is 24.3. The second kappa shape index (κ2) is 8.73. The standard InChI is InChI=1S/C27H41N3O3/c1-16-10-11-27(28-6)18(3)8-9-20-17(2)12-19(23(16)24(20)27)13-26(4,5)29-22(31)15-30-14-21(33-7)25(30)32/h17-21,23-24H,1,8-15H2,2-5,7H3,(H,29,31)/t17-,18-,19-,20+,21+,23-,24-,27-/m0/s1. The maximum Gasteiger partial charge on any atom is 0.254 e. The number of rotatable bonds is 6. The predicted molar refractivity (Wildman–Crippen MR) is 128 cm³/mol. The van der Waals surface area contributed by atoms with Crippen molar-refractivity contribution in [3.8, 4) is 0 Å². The highest BCUT2D eigenvalue weighted by Gasteiger charge is 2.64. The summed E-state index contributed by atoms with van der Waals surface area (Å²) in [6, 6.07) is 0. The minimum Gasteiger partial charge on any atom is -0.370 e. The van der Waals surface area contributed by atoms with E-state index in [1.54, 1.807) is 4.90 Å². The molecule has 4 aliphatic rings. The molecule has 1 N–H and O–H groups in total. The van der Waals surface area contributed by atoms with Crippen molar-refractivity contribution in [2.75, 3.05) is 20.2 Å². The van der Waals surface area contributed by atoms with E-state index in [2.05, 4.69) is 44.4 Å². The van der Waals surface area contributed by atoms with Crippen LogP contribution in [0, 0.1) is 42.1 Å². The highest BCUT2D eigenvalue weighted by atomic mass is 16.5. The van der Waals surface area contributed by atoms with Crippen LogP contribution in [0.3, 0.4) is 0 Å². The van der Waals surface area contributed by atoms with Crippen LogP contribution in [-0.2, 0) is 14.3 Å². The van der Waals surface area contributed by atoms with Gasteiger partial charge in [0.25, 0.3) is 5.91 Å². The molecule has 0 aromatic carbocycles. The number of amides is 2. The summed E-state index contributed by atoms with van der Waals surface area (Å²) in [5, 5.41) is 3.20. The van der Waals surface area contributed by atoms with Crippen LogP contribution in [0.4, 0.5) is 0 Å². The molecule has 3 aliphatic carbocycles. The number of hydrogen-bond donors (Lipinski definition) is 1. The molecule has 0 aromatic heterocycles. The topological polar surface area (TPSA) is 63.0 Å². The summed E-state index contributed by atoms with van der Waals surface area (Å²) >= 11 is 0. The van der Waals surface area contributed by atoms with E-state index >= 15 is 0 Å². The Kier molecular flexibility index (Phi) is 6.41. The van der Waals surface area contributed by atoms with Crippen molar-refractivity contribution in [2.45, 2.75) is 83.4 Å². The number of carbonyl (C=O) groups is 2. The Morgan fingerprint density at radius 3 is 2.73 bits per heavy atom. The van der Waals surface area contributed by atoms with E-state index in [4.69, 9.17) is 11.3 Å². The third-order valence-electron chi connectivity index (χ3n) is 9.49. The van der Waals surface area contributed by atoms with Gasteiger partial charge in [-0.2, -0.15) is 0 Å². The van der Waals surface area contributed by atoms with Crippen molar-refractivity contribution in [1.29, 1.82) is 0 Å². The summed E-state index contributed by atoms with van der Waals surface area (Å²) in [7, 11) is 1.52. The summed E-state index contributed by atoms with van der Waals surface area (Å²) in [6.07, 6.45) is 5.90. The molecule has 1 aliphatic heterocycles. The lowest BCUT2D eigenvalue weighted by molar-refractivity contribution is -0.161. The van der Waals surface area contributed by atoms with E-state index in [0.29, 0.717) is 42.1 Å². The first-order valence-electron chi connectivity index (χ1n) is 12.7. The lowest BCUT2D eigenvalue weighted by atomic mass is 9.45. The van der Waals surface area contributed by atoms with Crippen LogP contribution in [0.5, 0.6) is 0 Å². The van der Waals surface area contributed by atoms with Crippen LogP contribution < -0.4 is 5.32 Å². The third kappa shape index (κ3) is 4.11. The van der Waals surface area contributed by atoms with Gasteiger partial charge in [0.15, 0.2) is 6.10 Å². The molecule has 8 atom stereocenters. The Bertz CT molecular complexity index is 861. The van der Waals surface area contributed by atoms with E-state index in [0.717, 1.165) is 25.7 Å². The van der Waals surface area contributed by atoms with Crippen LogP contribution in [-0.4, -0.2) is 54.1 Å². The van der Waals surface area contributed by atoms with Gasteiger partial charge in [0.05, 0.1) is 13.1 Å². The SMILES string of the molecule is [C-]#[N+][C@@]12CCC(=C)[C@H]3[C@H](CC(C)(C)NC(=O)CN4C[C@@H](OC)C4=O)C[C@H](C)[C@@H](CC[C@@H]1C)[C@@H]32. The number of β-lactam (4-membered cyclic amide) rings is 1. The van der Waals surface area contributed by atoms with Gasteiger partial charge in [0.2, 0.25) is 11.4 Å². The van der Waals surface area contributed by atoms with Crippen molar-refractivity contribution in [3.05, 3.63) is 23.6 Å². The number of likely N-dealkylation sites (tertiary alicyclic amines) is 1. The lowest BCUT2D eigenvalue weighted by Crippen LogP contribution is -2.61. The predicted octanol–water partition coefficient (Wildman–Crippen LogP) is 4.07. The van der Waals surface area contributed by atoms with Gasteiger partial charge >= 0.3 is 0 Å². The smallest absolute Gasteiger partial charge is 0.254 e. The summed E-state index contributed by atoms with van der Waals surface area (Å²) in [4.78, 5) is 30.7. The number of methoxy groups -OCH3 is 1. The fraction of sp³-hybridized carbons (Fsp3) is 0.815. The number of carbonyl (C=O) groups excluding carboxylic acids is 2. The van der Waals surface area contributed by atoms with E-state index in [-0.39, 0.29) is 29.4 Å². The fourth-order valence-electron chi connectivity index (χ4n) is 7.93. The van der Waals surface area contributed by atoms with Gasteiger partial charge in [-0.25, -0.2) is 6.57 Å². The van der Waals surface area contributed by atoms with Crippen LogP contribution in [0.2, 0.25) is 0 Å². The lowest BCUT2D eigenvalue weighted by Gasteiger charge is -2.58. The Balaban J connectivity index is 1.48. The van der Waals surface area contributed by atoms with Gasteiger partial charge in [-0.3, -0.25) is 9.59 Å². The van der Waals surface area contributed by atoms with Crippen molar-refractivity contribution >= 4 is 11.8 Å². The van der Waals surface area contributed by atoms with E-state index in [1.165, 1.54) is 25.5 Å². The minimum atomic E-state index is -0.402. The minimum absolute atomic E-state index is 0.0857. The van der Waals surface area contributed by atoms with E-state index in [1.807, 2.05) is 0 Å². The molecule has 0 aromatic rings. The molecule has 6 nitrogen and oxygen atoms in total. The molecule has 4 fully saturated rings. The molecule has 1 heterocycles. The maximum absolute atomic E-state index is 12.8. The molecule has 1 saturated heterocycles. The summed E-state index contributed by atoms with van der Waals surface area (Å²) < 4.78 is 5.09. The monoisotopic (exact) mass is 455 g/mol. The van der Waals surface area contributed by atoms with Crippen molar-refractivity contribution in [3.63, 3.8) is 0 Å². The van der Waals surface area contributed by atoms with Gasteiger partial charge in [0, 0.05) is 30.9 Å². The zero-order chi connectivity index (χ0) is 24.1. The normalized spacial score (nSPS) is 40.5. The van der Waals surface area contributed by atoms with Gasteiger partial charge < -0.3 is 19.8 Å². The van der Waals surface area contributed by atoms with Crippen LogP contribution >= 0.6 is 0 Å². The quantitative estimate of drug-likeness (QED) is 0.373. The Morgan fingerprint density at radius 2 is 2.09 bits per heavy atom. The third-order valence-corrected chi connectivity index (χ3v) is 9.49. The first-order chi connectivity index (χ1) is 15.5. The second-order valence-electron chi connectivity index (χ2n) is 12.0. The van der Waals surface area contributed by atoms with Crippen LogP contribution in [0.15, 0.2) is 12.2 Å². The molecular formula is C27H41N3O3. The second-order valence-corrected chi connectivity index (χ2v) is 12.0. The number of ether oxygens (including phenoxy) is 1. The summed E-state index contributed by atoms with van der Waals surface area (Å²) in [5.41, 5.74) is 0.696. The molecule has 182 valence electrons. The van der Waals surface area contributed by atoms with Crippen LogP contribution in [0.1, 0.15) is 66.2 Å². The molecule has 0 bridgehead atoms. The average Bonchev–Trinajstić information content (AvgIpc) is 2.75. The van der Waals surface area contributed by atoms with Gasteiger partial charge in [-0.1, -0.05) is 26.0 Å². The highest BCUT2D eigenvalue weighted by Crippen LogP contribution is 2.63. The molecule has 0 spiro atoms. The highest BCUT2D eigenvalue weighted by molar-refractivity contribution is 5.91. The zero-order valence-corrected chi connectivity index (χ0v) is 21.0. The Hall–Kier alpha value is -1.87. The van der Waals surface area contributed by atoms with Gasteiger partial charge in [0.1, 0.15) is 0 Å². The molecule has 4 rings (SSSR count). The number of allylic oxidation sites excluding steroid dienone is 1. The summed E-state index contributed by atoms with van der Waals surface area (Å²) in [6.45, 7) is 22.2. The fourth-order valence-corrected chi connectivity index (χ4v) is 7.93. The molecular weight excluding hydrogens is 414 g/mol.